The van der Waals surface area contributed by atoms with Gasteiger partial charge in [0.2, 0.25) is 0 Å². The highest BCUT2D eigenvalue weighted by atomic mass is 16.5. The van der Waals surface area contributed by atoms with E-state index in [-0.39, 0.29) is 0 Å². The number of amides is 1. The summed E-state index contributed by atoms with van der Waals surface area (Å²) in [6.07, 6.45) is 7.04. The highest BCUT2D eigenvalue weighted by Gasteiger charge is 2.11. The quantitative estimate of drug-likeness (QED) is 0.332. The van der Waals surface area contributed by atoms with Crippen LogP contribution in [0.4, 0.5) is 0 Å². The summed E-state index contributed by atoms with van der Waals surface area (Å²) in [7, 11) is 0. The maximum atomic E-state index is 11.1. The van der Waals surface area contributed by atoms with Crippen molar-refractivity contribution in [2.24, 2.45) is 0 Å². The molecule has 6 heteroatoms. The van der Waals surface area contributed by atoms with Crippen molar-refractivity contribution in [3.8, 4) is 0 Å². The molecule has 0 saturated heterocycles. The van der Waals surface area contributed by atoms with Crippen molar-refractivity contribution >= 4 is 17.5 Å². The zero-order valence-corrected chi connectivity index (χ0v) is 17.0. The maximum absolute atomic E-state index is 11.1. The van der Waals surface area contributed by atoms with E-state index < -0.39 is 5.91 Å². The van der Waals surface area contributed by atoms with Crippen LogP contribution < -0.4 is 5.48 Å². The van der Waals surface area contributed by atoms with Crippen molar-refractivity contribution in [2.45, 2.75) is 33.2 Å². The lowest BCUT2D eigenvalue weighted by Gasteiger charge is -2.22. The molecule has 0 atom stereocenters. The summed E-state index contributed by atoms with van der Waals surface area (Å²) in [5, 5.41) is 13.2. The molecule has 0 radical (unpaired) electrons. The molecule has 0 aliphatic rings. The topological polar surface area (TPSA) is 69.9 Å². The second-order valence-corrected chi connectivity index (χ2v) is 7.17. The summed E-state index contributed by atoms with van der Waals surface area (Å²) in [5.74, 6) is -0.536. The van der Waals surface area contributed by atoms with Gasteiger partial charge in [-0.2, -0.15) is 5.10 Å². The number of hydrogen-bond acceptors (Lipinski definition) is 4. The van der Waals surface area contributed by atoms with Crippen LogP contribution >= 0.6 is 0 Å². The van der Waals surface area contributed by atoms with Crippen LogP contribution in [0.1, 0.15) is 35.7 Å². The number of rotatable bonds is 9. The van der Waals surface area contributed by atoms with E-state index in [1.165, 1.54) is 22.7 Å². The number of nitrogens with one attached hydrogen (secondary N) is 1. The van der Waals surface area contributed by atoms with Crippen LogP contribution in [-0.2, 0) is 17.8 Å². The molecule has 6 nitrogen and oxygen atoms in total. The molecule has 152 valence electrons. The van der Waals surface area contributed by atoms with Crippen molar-refractivity contribution in [3.05, 3.63) is 77.1 Å². The third kappa shape index (κ3) is 5.53. The molecule has 0 spiro atoms. The zero-order chi connectivity index (χ0) is 20.6. The van der Waals surface area contributed by atoms with Gasteiger partial charge in [-0.15, -0.1) is 0 Å². The molecular weight excluding hydrogens is 364 g/mol. The van der Waals surface area contributed by atoms with Crippen molar-refractivity contribution in [3.63, 3.8) is 0 Å². The first-order chi connectivity index (χ1) is 14.1. The fraction of sp³-hybridized carbons (Fsp3) is 0.304. The van der Waals surface area contributed by atoms with Crippen LogP contribution in [0, 0.1) is 6.92 Å². The Bertz CT molecular complexity index is 976. The van der Waals surface area contributed by atoms with Crippen LogP contribution in [0.15, 0.2) is 54.7 Å². The summed E-state index contributed by atoms with van der Waals surface area (Å²) in [4.78, 5) is 13.6. The number of carbonyl (C=O) groups excluding carboxylic acids is 1. The third-order valence-electron chi connectivity index (χ3n) is 4.98. The van der Waals surface area contributed by atoms with Gasteiger partial charge in [-0.1, -0.05) is 37.3 Å². The minimum absolute atomic E-state index is 0.536. The molecule has 1 amide bonds. The molecular formula is C23H28N4O2. The predicted octanol–water partition coefficient (Wildman–Crippen LogP) is 3.62. The van der Waals surface area contributed by atoms with Gasteiger partial charge in [0.15, 0.2) is 0 Å². The Hall–Kier alpha value is -2.96. The minimum atomic E-state index is -0.536. The van der Waals surface area contributed by atoms with Gasteiger partial charge in [-0.25, -0.2) is 10.00 Å². The van der Waals surface area contributed by atoms with Crippen molar-refractivity contribution in [1.82, 2.24) is 20.0 Å². The van der Waals surface area contributed by atoms with E-state index in [0.29, 0.717) is 0 Å². The largest absolute Gasteiger partial charge is 0.299 e. The van der Waals surface area contributed by atoms with E-state index in [0.717, 1.165) is 43.7 Å². The summed E-state index contributed by atoms with van der Waals surface area (Å²) in [5.41, 5.74) is 7.33. The SMILES string of the molecule is CCCN(CCc1c(C)nn2ccccc12)Cc1ccc(/C=C/C(=O)NO)cc1. The predicted molar refractivity (Wildman–Crippen MR) is 115 cm³/mol. The Morgan fingerprint density at radius 1 is 1.21 bits per heavy atom. The standard InChI is InChI=1S/C23H28N4O2/c1-3-14-26(16-13-21-18(2)24-27-15-5-4-6-22(21)27)17-20-9-7-19(8-10-20)11-12-23(28)25-29/h4-12,15,29H,3,13-14,16-17H2,1-2H3,(H,25,28)/b12-11+. The maximum Gasteiger partial charge on any atom is 0.267 e. The first-order valence-corrected chi connectivity index (χ1v) is 9.97. The normalized spacial score (nSPS) is 11.6. The number of nitrogens with zero attached hydrogens (tertiary/aromatic N) is 3. The fourth-order valence-corrected chi connectivity index (χ4v) is 3.53. The van der Waals surface area contributed by atoms with Crippen molar-refractivity contribution in [1.29, 1.82) is 0 Å². The molecule has 0 aliphatic heterocycles. The number of hydrogen-bond donors (Lipinski definition) is 2. The van der Waals surface area contributed by atoms with Gasteiger partial charge in [0, 0.05) is 30.9 Å². The van der Waals surface area contributed by atoms with Gasteiger partial charge < -0.3 is 0 Å². The zero-order valence-electron chi connectivity index (χ0n) is 17.0. The van der Waals surface area contributed by atoms with Gasteiger partial charge in [0.25, 0.3) is 5.91 Å². The van der Waals surface area contributed by atoms with E-state index in [1.807, 2.05) is 28.9 Å². The van der Waals surface area contributed by atoms with E-state index in [1.54, 1.807) is 11.6 Å². The van der Waals surface area contributed by atoms with Crippen LogP contribution in [-0.4, -0.2) is 38.7 Å². The van der Waals surface area contributed by atoms with Gasteiger partial charge in [0.1, 0.15) is 0 Å². The number of hydroxylamine groups is 1. The number of carbonyl (C=O) groups is 1. The summed E-state index contributed by atoms with van der Waals surface area (Å²) in [6.45, 7) is 7.18. The number of fused-ring (bicyclic) bond motifs is 1. The molecule has 1 aromatic carbocycles. The Morgan fingerprint density at radius 2 is 2.00 bits per heavy atom. The van der Waals surface area contributed by atoms with E-state index >= 15 is 0 Å². The summed E-state index contributed by atoms with van der Waals surface area (Å²) >= 11 is 0. The molecule has 0 aliphatic carbocycles. The second-order valence-electron chi connectivity index (χ2n) is 7.17. The van der Waals surface area contributed by atoms with Crippen molar-refractivity contribution < 1.29 is 10.0 Å². The Balaban J connectivity index is 1.64. The third-order valence-corrected chi connectivity index (χ3v) is 4.98. The van der Waals surface area contributed by atoms with E-state index in [2.05, 4.69) is 48.1 Å². The van der Waals surface area contributed by atoms with E-state index in [9.17, 15) is 4.79 Å². The monoisotopic (exact) mass is 392 g/mol. The summed E-state index contributed by atoms with van der Waals surface area (Å²) in [6, 6.07) is 14.3. The fourth-order valence-electron chi connectivity index (χ4n) is 3.53. The molecule has 29 heavy (non-hydrogen) atoms. The van der Waals surface area contributed by atoms with Crippen LogP contribution in [0.25, 0.3) is 11.6 Å². The van der Waals surface area contributed by atoms with Crippen molar-refractivity contribution in [2.75, 3.05) is 13.1 Å². The first kappa shape index (κ1) is 20.8. The molecule has 0 bridgehead atoms. The first-order valence-electron chi connectivity index (χ1n) is 9.97. The molecule has 2 heterocycles. The highest BCUT2D eigenvalue weighted by molar-refractivity contribution is 5.90. The second kappa shape index (κ2) is 10.0. The molecule has 3 aromatic rings. The number of aryl methyl sites for hydroxylation is 1. The number of aromatic nitrogens is 2. The van der Waals surface area contributed by atoms with Crippen LogP contribution in [0.3, 0.4) is 0 Å². The van der Waals surface area contributed by atoms with Gasteiger partial charge >= 0.3 is 0 Å². The highest BCUT2D eigenvalue weighted by Crippen LogP contribution is 2.17. The van der Waals surface area contributed by atoms with Gasteiger partial charge in [-0.3, -0.25) is 14.9 Å². The molecule has 2 aromatic heterocycles. The number of pyridine rings is 1. The van der Waals surface area contributed by atoms with Gasteiger partial charge in [-0.05, 0) is 55.6 Å². The van der Waals surface area contributed by atoms with Crippen LogP contribution in [0.2, 0.25) is 0 Å². The Labute approximate surface area is 171 Å². The smallest absolute Gasteiger partial charge is 0.267 e. The van der Waals surface area contributed by atoms with Gasteiger partial charge in [0.05, 0.1) is 11.2 Å². The lowest BCUT2D eigenvalue weighted by molar-refractivity contribution is -0.124. The van der Waals surface area contributed by atoms with E-state index in [4.69, 9.17) is 5.21 Å². The number of benzene rings is 1. The lowest BCUT2D eigenvalue weighted by Crippen LogP contribution is -2.26. The summed E-state index contributed by atoms with van der Waals surface area (Å²) < 4.78 is 1.96. The lowest BCUT2D eigenvalue weighted by atomic mass is 10.1. The molecule has 3 rings (SSSR count). The Morgan fingerprint density at radius 3 is 2.72 bits per heavy atom. The molecule has 0 unspecified atom stereocenters. The molecule has 0 saturated carbocycles. The molecule has 2 N–H and O–H groups in total. The average Bonchev–Trinajstić information content (AvgIpc) is 3.06. The Kier molecular flexibility index (Phi) is 7.16. The molecule has 0 fully saturated rings. The minimum Gasteiger partial charge on any atom is -0.299 e. The van der Waals surface area contributed by atoms with Crippen LogP contribution in [0.5, 0.6) is 0 Å². The average molecular weight is 393 g/mol.